The summed E-state index contributed by atoms with van der Waals surface area (Å²) in [6, 6.07) is 19.8. The Kier molecular flexibility index (Phi) is 11.1. The molecule has 0 spiro atoms. The summed E-state index contributed by atoms with van der Waals surface area (Å²) < 4.78 is 39.9. The lowest BCUT2D eigenvalue weighted by Gasteiger charge is -2.31. The Labute approximate surface area is 239 Å². The van der Waals surface area contributed by atoms with Gasteiger partial charge in [-0.05, 0) is 97.3 Å². The van der Waals surface area contributed by atoms with Crippen LogP contribution in [0.3, 0.4) is 0 Å². The molecule has 0 aliphatic carbocycles. The topological polar surface area (TPSA) is 19.0 Å². The summed E-state index contributed by atoms with van der Waals surface area (Å²) in [5.74, 6) is 0. The Balaban J connectivity index is 0.000000322. The zero-order valence-corrected chi connectivity index (χ0v) is 24.3. The molecule has 1 aliphatic heterocycles. The molecule has 0 radical (unpaired) electrons. The number of H-pyrrole nitrogens is 1. The minimum atomic E-state index is -4.31. The van der Waals surface area contributed by atoms with E-state index in [1.54, 1.807) is 12.1 Å². The van der Waals surface area contributed by atoms with Crippen molar-refractivity contribution in [3.63, 3.8) is 0 Å². The van der Waals surface area contributed by atoms with E-state index < -0.39 is 11.7 Å². The van der Waals surface area contributed by atoms with Crippen molar-refractivity contribution in [3.05, 3.63) is 111 Å². The molecule has 7 heteroatoms. The Morgan fingerprint density at radius 3 is 2.31 bits per heavy atom. The number of alkyl halides is 3. The lowest BCUT2D eigenvalue weighted by Crippen LogP contribution is -2.32. The summed E-state index contributed by atoms with van der Waals surface area (Å²) in [6.45, 7) is 9.87. The van der Waals surface area contributed by atoms with Crippen LogP contribution >= 0.6 is 23.2 Å². The first-order valence-electron chi connectivity index (χ1n) is 13.2. The number of nitrogens with zero attached hydrogens (tertiary/aromatic N) is 1. The molecule has 2 heterocycles. The SMILES string of the molecule is C/C(=C1\CCCN(Cc2ccccc2C(F)(F)F)C1)c1ccc2[nH]ccc2c1.CC.Cc1c(Cl)cccc1Cl. The molecule has 0 bridgehead atoms. The Morgan fingerprint density at radius 2 is 1.64 bits per heavy atom. The first-order valence-corrected chi connectivity index (χ1v) is 13.9. The zero-order valence-electron chi connectivity index (χ0n) is 22.8. The second-order valence-electron chi connectivity index (χ2n) is 9.32. The van der Waals surface area contributed by atoms with Gasteiger partial charge in [0, 0.05) is 34.8 Å². The highest BCUT2D eigenvalue weighted by Crippen LogP contribution is 2.34. The molecule has 0 amide bonds. The average Bonchev–Trinajstić information content (AvgIpc) is 3.41. The second-order valence-corrected chi connectivity index (χ2v) is 10.1. The number of nitrogens with one attached hydrogen (secondary N) is 1. The van der Waals surface area contributed by atoms with Crippen molar-refractivity contribution >= 4 is 39.7 Å². The van der Waals surface area contributed by atoms with Crippen LogP contribution in [-0.2, 0) is 12.7 Å². The predicted octanol–water partition coefficient (Wildman–Crippen LogP) is 10.6. The van der Waals surface area contributed by atoms with Gasteiger partial charge in [-0.15, -0.1) is 0 Å². The third kappa shape index (κ3) is 8.14. The molecule has 39 heavy (non-hydrogen) atoms. The Bertz CT molecular complexity index is 1390. The van der Waals surface area contributed by atoms with Crippen LogP contribution in [0.15, 0.2) is 78.5 Å². The van der Waals surface area contributed by atoms with E-state index in [2.05, 4.69) is 41.1 Å². The highest BCUT2D eigenvalue weighted by Gasteiger charge is 2.33. The van der Waals surface area contributed by atoms with Crippen LogP contribution in [0, 0.1) is 6.92 Å². The van der Waals surface area contributed by atoms with Crippen molar-refractivity contribution in [2.45, 2.75) is 53.3 Å². The van der Waals surface area contributed by atoms with Crippen molar-refractivity contribution in [1.82, 2.24) is 9.88 Å². The maximum absolute atomic E-state index is 13.3. The van der Waals surface area contributed by atoms with Crippen LogP contribution in [0.1, 0.15) is 55.9 Å². The van der Waals surface area contributed by atoms with Gasteiger partial charge < -0.3 is 4.98 Å². The van der Waals surface area contributed by atoms with E-state index in [0.29, 0.717) is 18.7 Å². The molecule has 1 fully saturated rings. The Hall–Kier alpha value is -2.73. The minimum absolute atomic E-state index is 0.323. The highest BCUT2D eigenvalue weighted by molar-refractivity contribution is 6.35. The largest absolute Gasteiger partial charge is 0.416 e. The molecular weight excluding hydrogens is 540 g/mol. The maximum Gasteiger partial charge on any atom is 0.416 e. The summed E-state index contributed by atoms with van der Waals surface area (Å²) >= 11 is 11.5. The monoisotopic (exact) mass is 574 g/mol. The van der Waals surface area contributed by atoms with Gasteiger partial charge in [-0.3, -0.25) is 4.90 Å². The number of aromatic amines is 1. The van der Waals surface area contributed by atoms with Gasteiger partial charge in [-0.1, -0.05) is 73.0 Å². The molecule has 2 nitrogen and oxygen atoms in total. The molecule has 1 N–H and O–H groups in total. The van der Waals surface area contributed by atoms with Crippen LogP contribution in [0.4, 0.5) is 13.2 Å². The molecule has 0 saturated carbocycles. The van der Waals surface area contributed by atoms with Crippen LogP contribution in [0.25, 0.3) is 16.5 Å². The molecule has 1 aliphatic rings. The molecule has 1 aromatic heterocycles. The quantitative estimate of drug-likeness (QED) is 0.258. The minimum Gasteiger partial charge on any atom is -0.361 e. The third-order valence-electron chi connectivity index (χ3n) is 6.80. The molecule has 0 atom stereocenters. The highest BCUT2D eigenvalue weighted by atomic mass is 35.5. The first-order chi connectivity index (χ1) is 18.6. The van der Waals surface area contributed by atoms with Gasteiger partial charge in [-0.2, -0.15) is 13.2 Å². The number of halogens is 5. The fourth-order valence-corrected chi connectivity index (χ4v) is 5.03. The smallest absolute Gasteiger partial charge is 0.361 e. The second kappa shape index (κ2) is 14.1. The van der Waals surface area contributed by atoms with Gasteiger partial charge in [0.2, 0.25) is 0 Å². The number of fused-ring (bicyclic) bond motifs is 1. The summed E-state index contributed by atoms with van der Waals surface area (Å²) in [7, 11) is 0. The van der Waals surface area contributed by atoms with Crippen molar-refractivity contribution in [2.75, 3.05) is 13.1 Å². The first kappa shape index (κ1) is 30.8. The van der Waals surface area contributed by atoms with Gasteiger partial charge in [-0.25, -0.2) is 0 Å². The van der Waals surface area contributed by atoms with E-state index in [1.807, 2.05) is 45.2 Å². The molecule has 3 aromatic carbocycles. The normalized spacial score (nSPS) is 15.2. The van der Waals surface area contributed by atoms with E-state index in [-0.39, 0.29) is 0 Å². The van der Waals surface area contributed by atoms with Gasteiger partial charge in [0.1, 0.15) is 0 Å². The number of hydrogen-bond donors (Lipinski definition) is 1. The summed E-state index contributed by atoms with van der Waals surface area (Å²) in [5, 5.41) is 2.62. The van der Waals surface area contributed by atoms with E-state index in [4.69, 9.17) is 23.2 Å². The Morgan fingerprint density at radius 1 is 0.949 bits per heavy atom. The van der Waals surface area contributed by atoms with Crippen LogP contribution < -0.4 is 0 Å². The number of aromatic nitrogens is 1. The number of likely N-dealkylation sites (tertiary alicyclic amines) is 1. The van der Waals surface area contributed by atoms with Crippen LogP contribution in [-0.4, -0.2) is 23.0 Å². The third-order valence-corrected chi connectivity index (χ3v) is 7.62. The molecule has 4 aromatic rings. The molecular formula is C32H35Cl2F3N2. The van der Waals surface area contributed by atoms with Crippen LogP contribution in [0.2, 0.25) is 10.0 Å². The number of benzene rings is 3. The van der Waals surface area contributed by atoms with Crippen molar-refractivity contribution < 1.29 is 13.2 Å². The number of allylic oxidation sites excluding steroid dienone is 1. The molecule has 5 rings (SSSR count). The van der Waals surface area contributed by atoms with E-state index in [9.17, 15) is 13.2 Å². The maximum atomic E-state index is 13.3. The fraction of sp³-hybridized carbons (Fsp3) is 0.312. The van der Waals surface area contributed by atoms with Gasteiger partial charge >= 0.3 is 6.18 Å². The van der Waals surface area contributed by atoms with Crippen molar-refractivity contribution in [2.24, 2.45) is 0 Å². The predicted molar refractivity (Wildman–Crippen MR) is 159 cm³/mol. The van der Waals surface area contributed by atoms with Crippen LogP contribution in [0.5, 0.6) is 0 Å². The lowest BCUT2D eigenvalue weighted by molar-refractivity contribution is -0.138. The number of piperidine rings is 1. The molecule has 208 valence electrons. The van der Waals surface area contributed by atoms with Crippen molar-refractivity contribution in [1.29, 1.82) is 0 Å². The van der Waals surface area contributed by atoms with Gasteiger partial charge in [0.25, 0.3) is 0 Å². The summed E-state index contributed by atoms with van der Waals surface area (Å²) in [6.07, 6.45) is -0.425. The van der Waals surface area contributed by atoms with E-state index in [1.165, 1.54) is 34.2 Å². The van der Waals surface area contributed by atoms with Gasteiger partial charge in [0.05, 0.1) is 5.56 Å². The van der Waals surface area contributed by atoms with E-state index >= 15 is 0 Å². The summed E-state index contributed by atoms with van der Waals surface area (Å²) in [4.78, 5) is 5.33. The van der Waals surface area contributed by atoms with Crippen molar-refractivity contribution in [3.8, 4) is 0 Å². The fourth-order valence-electron chi connectivity index (χ4n) is 4.63. The number of hydrogen-bond acceptors (Lipinski definition) is 1. The molecule has 0 unspecified atom stereocenters. The average molecular weight is 576 g/mol. The number of rotatable bonds is 3. The lowest BCUT2D eigenvalue weighted by atomic mass is 9.94. The standard InChI is InChI=1S/C23H23F3N2.C7H6Cl2.C2H6/c1-16(17-8-9-22-18(13-17)10-11-27-22)19-6-4-12-28(14-19)15-20-5-2-3-7-21(20)23(24,25)26;1-5-6(8)3-2-4-7(5)9;1-2/h2-3,5,7-11,13,27H,4,6,12,14-15H2,1H3;2-4H,1H3;1-2H3/b19-16-;;. The van der Waals surface area contributed by atoms with E-state index in [0.717, 1.165) is 40.5 Å². The zero-order chi connectivity index (χ0) is 28.6. The van der Waals surface area contributed by atoms with Gasteiger partial charge in [0.15, 0.2) is 0 Å². The molecule has 1 saturated heterocycles. The summed E-state index contributed by atoms with van der Waals surface area (Å²) in [5.41, 5.74) is 5.60.